The van der Waals surface area contributed by atoms with Crippen LogP contribution in [0.15, 0.2) is 22.7 Å². The maximum Gasteiger partial charge on any atom is 0.416 e. The molecule has 0 radical (unpaired) electrons. The molecule has 0 aliphatic heterocycles. The Bertz CT molecular complexity index is 519. The molecule has 1 aromatic rings. The molecule has 7 heteroatoms. The Morgan fingerprint density at radius 1 is 1.30 bits per heavy atom. The van der Waals surface area contributed by atoms with Gasteiger partial charge in [0.1, 0.15) is 0 Å². The van der Waals surface area contributed by atoms with Gasteiger partial charge in [-0.15, -0.1) is 0 Å². The van der Waals surface area contributed by atoms with Gasteiger partial charge in [0.05, 0.1) is 11.1 Å². The number of nitrogens with one attached hydrogen (secondary N) is 1. The molecule has 2 nitrogen and oxygen atoms in total. The molecule has 2 rings (SSSR count). The fraction of sp³-hybridized carbons (Fsp3) is 0.462. The van der Waals surface area contributed by atoms with Crippen LogP contribution in [0.25, 0.3) is 0 Å². The second-order valence-corrected chi connectivity index (χ2v) is 6.75. The van der Waals surface area contributed by atoms with Gasteiger partial charge in [-0.2, -0.15) is 13.2 Å². The van der Waals surface area contributed by atoms with E-state index in [2.05, 4.69) is 37.2 Å². The quantitative estimate of drug-likeness (QED) is 0.708. The molecule has 0 bridgehead atoms. The molecule has 2 unspecified atom stereocenters. The van der Waals surface area contributed by atoms with Crippen LogP contribution in [0.5, 0.6) is 0 Å². The molecule has 110 valence electrons. The summed E-state index contributed by atoms with van der Waals surface area (Å²) in [5.41, 5.74) is -0.820. The molecule has 1 fully saturated rings. The lowest BCUT2D eigenvalue weighted by atomic mass is 10.1. The maximum atomic E-state index is 12.7. The standard InChI is InChI=1S/C13H12Br2F3NO/c14-9-5-4-7(13(16,17)18)6-8(9)12(20)19-11-3-1-2-10(11)15/h4-6,10-11H,1-3H2,(H,19,20). The number of amides is 1. The van der Waals surface area contributed by atoms with Crippen LogP contribution in [0, 0.1) is 0 Å². The third kappa shape index (κ3) is 3.55. The van der Waals surface area contributed by atoms with Crippen LogP contribution in [-0.4, -0.2) is 16.8 Å². The molecule has 0 saturated heterocycles. The largest absolute Gasteiger partial charge is 0.416 e. The summed E-state index contributed by atoms with van der Waals surface area (Å²) in [6, 6.07) is 3.03. The van der Waals surface area contributed by atoms with Gasteiger partial charge in [0.25, 0.3) is 5.91 Å². The Labute approximate surface area is 131 Å². The van der Waals surface area contributed by atoms with Gasteiger partial charge in [0.15, 0.2) is 0 Å². The predicted molar refractivity (Wildman–Crippen MR) is 77.0 cm³/mol. The van der Waals surface area contributed by atoms with Gasteiger partial charge >= 0.3 is 6.18 Å². The minimum atomic E-state index is -4.46. The first-order chi connectivity index (χ1) is 9.29. The zero-order valence-corrected chi connectivity index (χ0v) is 13.5. The normalized spacial score (nSPS) is 22.9. The smallest absolute Gasteiger partial charge is 0.348 e. The summed E-state index contributed by atoms with van der Waals surface area (Å²) in [5, 5.41) is 2.78. The molecular formula is C13H12Br2F3NO. The van der Waals surface area contributed by atoms with Crippen LogP contribution >= 0.6 is 31.9 Å². The van der Waals surface area contributed by atoms with Crippen LogP contribution in [0.3, 0.4) is 0 Å². The summed E-state index contributed by atoms with van der Waals surface area (Å²) in [7, 11) is 0. The number of rotatable bonds is 2. The third-order valence-electron chi connectivity index (χ3n) is 3.29. The number of alkyl halides is 4. The van der Waals surface area contributed by atoms with E-state index in [1.54, 1.807) is 0 Å². The van der Waals surface area contributed by atoms with Crippen LogP contribution in [-0.2, 0) is 6.18 Å². The molecule has 0 aromatic heterocycles. The molecule has 2 atom stereocenters. The average Bonchev–Trinajstić information content (AvgIpc) is 2.74. The van der Waals surface area contributed by atoms with E-state index in [9.17, 15) is 18.0 Å². The summed E-state index contributed by atoms with van der Waals surface area (Å²) in [6.07, 6.45) is -1.68. The highest BCUT2D eigenvalue weighted by atomic mass is 79.9. The average molecular weight is 415 g/mol. The molecule has 1 N–H and O–H groups in total. The van der Waals surface area contributed by atoms with Crippen LogP contribution < -0.4 is 5.32 Å². The Morgan fingerprint density at radius 2 is 2.00 bits per heavy atom. The highest BCUT2D eigenvalue weighted by molar-refractivity contribution is 9.10. The minimum Gasteiger partial charge on any atom is -0.348 e. The van der Waals surface area contributed by atoms with Crippen molar-refractivity contribution in [3.63, 3.8) is 0 Å². The monoisotopic (exact) mass is 413 g/mol. The van der Waals surface area contributed by atoms with Gasteiger partial charge in [-0.05, 0) is 47.0 Å². The van der Waals surface area contributed by atoms with E-state index < -0.39 is 17.6 Å². The number of hydrogen-bond donors (Lipinski definition) is 1. The number of carbonyl (C=O) groups is 1. The Balaban J connectivity index is 2.20. The lowest BCUT2D eigenvalue weighted by molar-refractivity contribution is -0.137. The fourth-order valence-corrected chi connectivity index (χ4v) is 3.35. The lowest BCUT2D eigenvalue weighted by Crippen LogP contribution is -2.37. The Kier molecular flexibility index (Phi) is 4.79. The molecule has 1 aliphatic carbocycles. The van der Waals surface area contributed by atoms with Gasteiger partial charge in [0, 0.05) is 15.3 Å². The first-order valence-electron chi connectivity index (χ1n) is 6.10. The SMILES string of the molecule is O=C(NC1CCCC1Br)c1cc(C(F)(F)F)ccc1Br. The number of hydrogen-bond acceptors (Lipinski definition) is 1. The van der Waals surface area contributed by atoms with E-state index in [1.807, 2.05) is 0 Å². The van der Waals surface area contributed by atoms with Crippen molar-refractivity contribution in [2.75, 3.05) is 0 Å². The van der Waals surface area contributed by atoms with Gasteiger partial charge < -0.3 is 5.32 Å². The molecule has 1 amide bonds. The maximum absolute atomic E-state index is 12.7. The van der Waals surface area contributed by atoms with Crippen LogP contribution in [0.1, 0.15) is 35.2 Å². The minimum absolute atomic E-state index is 0.00595. The molecule has 1 aromatic carbocycles. The zero-order chi connectivity index (χ0) is 14.9. The van der Waals surface area contributed by atoms with Crippen molar-refractivity contribution >= 4 is 37.8 Å². The van der Waals surface area contributed by atoms with E-state index in [4.69, 9.17) is 0 Å². The summed E-state index contributed by atoms with van der Waals surface area (Å²) in [4.78, 5) is 12.3. The molecular weight excluding hydrogens is 403 g/mol. The third-order valence-corrected chi connectivity index (χ3v) is 5.07. The van der Waals surface area contributed by atoms with Crippen molar-refractivity contribution in [3.8, 4) is 0 Å². The summed E-state index contributed by atoms with van der Waals surface area (Å²) in [5.74, 6) is -0.487. The first-order valence-corrected chi connectivity index (χ1v) is 7.81. The zero-order valence-electron chi connectivity index (χ0n) is 10.3. The highest BCUT2D eigenvalue weighted by Gasteiger charge is 2.32. The first kappa shape index (κ1) is 15.8. The van der Waals surface area contributed by atoms with Crippen LogP contribution in [0.2, 0.25) is 0 Å². The van der Waals surface area contributed by atoms with Gasteiger partial charge in [-0.3, -0.25) is 4.79 Å². The Morgan fingerprint density at radius 3 is 2.55 bits per heavy atom. The molecule has 0 spiro atoms. The summed E-state index contributed by atoms with van der Waals surface area (Å²) < 4.78 is 38.4. The van der Waals surface area contributed by atoms with E-state index in [1.165, 1.54) is 6.07 Å². The van der Waals surface area contributed by atoms with Crippen molar-refractivity contribution in [1.82, 2.24) is 5.32 Å². The van der Waals surface area contributed by atoms with Gasteiger partial charge in [0.2, 0.25) is 0 Å². The fourth-order valence-electron chi connectivity index (χ4n) is 2.20. The summed E-state index contributed by atoms with van der Waals surface area (Å²) in [6.45, 7) is 0. The second-order valence-electron chi connectivity index (χ2n) is 4.72. The van der Waals surface area contributed by atoms with Crippen molar-refractivity contribution in [1.29, 1.82) is 0 Å². The van der Waals surface area contributed by atoms with E-state index >= 15 is 0 Å². The number of carbonyl (C=O) groups excluding carboxylic acids is 1. The molecule has 20 heavy (non-hydrogen) atoms. The van der Waals surface area contributed by atoms with Gasteiger partial charge in [-0.1, -0.05) is 22.4 Å². The molecule has 1 aliphatic rings. The van der Waals surface area contributed by atoms with Crippen molar-refractivity contribution in [3.05, 3.63) is 33.8 Å². The van der Waals surface area contributed by atoms with Gasteiger partial charge in [-0.25, -0.2) is 0 Å². The number of halogens is 5. The van der Waals surface area contributed by atoms with Crippen molar-refractivity contribution in [2.45, 2.75) is 36.3 Å². The van der Waals surface area contributed by atoms with Crippen molar-refractivity contribution < 1.29 is 18.0 Å². The lowest BCUT2D eigenvalue weighted by Gasteiger charge is -2.17. The highest BCUT2D eigenvalue weighted by Crippen LogP contribution is 2.32. The topological polar surface area (TPSA) is 29.1 Å². The predicted octanol–water partition coefficient (Wildman–Crippen LogP) is 4.51. The molecule has 0 heterocycles. The molecule has 1 saturated carbocycles. The van der Waals surface area contributed by atoms with Crippen LogP contribution in [0.4, 0.5) is 13.2 Å². The van der Waals surface area contributed by atoms with E-state index in [0.717, 1.165) is 31.4 Å². The Hall–Kier alpha value is -0.560. The van der Waals surface area contributed by atoms with E-state index in [-0.39, 0.29) is 16.4 Å². The van der Waals surface area contributed by atoms with Crippen molar-refractivity contribution in [2.24, 2.45) is 0 Å². The van der Waals surface area contributed by atoms with E-state index in [0.29, 0.717) is 4.47 Å². The number of benzene rings is 1. The summed E-state index contributed by atoms with van der Waals surface area (Å²) >= 11 is 6.59. The second kappa shape index (κ2) is 6.05.